The van der Waals surface area contributed by atoms with Crippen LogP contribution in [0.25, 0.3) is 0 Å². The zero-order valence-corrected chi connectivity index (χ0v) is 13.3. The molecule has 3 atom stereocenters. The van der Waals surface area contributed by atoms with Crippen molar-refractivity contribution < 1.29 is 18.1 Å². The van der Waals surface area contributed by atoms with Gasteiger partial charge >= 0.3 is 0 Å². The molecule has 0 aromatic heterocycles. The number of hydrogen-bond acceptors (Lipinski definition) is 5. The van der Waals surface area contributed by atoms with E-state index in [2.05, 4.69) is 10.6 Å². The van der Waals surface area contributed by atoms with Gasteiger partial charge in [0.05, 0.1) is 6.61 Å². The topological polar surface area (TPSA) is 98.7 Å². The molecule has 2 fully saturated rings. The van der Waals surface area contributed by atoms with Crippen molar-refractivity contribution in [1.29, 1.82) is 0 Å². The maximum absolute atomic E-state index is 11.2. The number of rotatable bonds is 6. The average molecular weight is 320 g/mol. The second kappa shape index (κ2) is 7.87. The molecule has 0 spiro atoms. The minimum absolute atomic E-state index is 0.0268. The molecule has 0 saturated heterocycles. The SMILES string of the molecule is O=S(=O)(O)C(CO)NC1CCCC(NC2CCCCC2)C1. The Hall–Kier alpha value is -0.210. The Labute approximate surface area is 127 Å². The number of nitrogens with one attached hydrogen (secondary N) is 2. The van der Waals surface area contributed by atoms with Gasteiger partial charge in [-0.25, -0.2) is 0 Å². The van der Waals surface area contributed by atoms with E-state index >= 15 is 0 Å². The van der Waals surface area contributed by atoms with Crippen molar-refractivity contribution in [3.63, 3.8) is 0 Å². The van der Waals surface area contributed by atoms with Gasteiger partial charge in [-0.15, -0.1) is 0 Å². The van der Waals surface area contributed by atoms with Crippen molar-refractivity contribution >= 4 is 10.1 Å². The summed E-state index contributed by atoms with van der Waals surface area (Å²) in [6, 6.07) is 1.02. The number of aliphatic hydroxyl groups is 1. The smallest absolute Gasteiger partial charge is 0.283 e. The molecule has 21 heavy (non-hydrogen) atoms. The second-order valence-corrected chi connectivity index (χ2v) is 8.01. The highest BCUT2D eigenvalue weighted by Gasteiger charge is 2.29. The molecule has 3 unspecified atom stereocenters. The Morgan fingerprint density at radius 2 is 1.57 bits per heavy atom. The molecule has 6 nitrogen and oxygen atoms in total. The third-order valence-corrected chi connectivity index (χ3v) is 5.70. The first-order chi connectivity index (χ1) is 9.99. The van der Waals surface area contributed by atoms with Crippen molar-refractivity contribution in [2.75, 3.05) is 6.61 Å². The predicted molar refractivity (Wildman–Crippen MR) is 81.6 cm³/mol. The fourth-order valence-corrected chi connectivity index (χ4v) is 4.14. The molecule has 0 amide bonds. The van der Waals surface area contributed by atoms with Crippen molar-refractivity contribution in [3.05, 3.63) is 0 Å². The van der Waals surface area contributed by atoms with Gasteiger partial charge in [0.2, 0.25) is 0 Å². The van der Waals surface area contributed by atoms with Crippen LogP contribution in [-0.2, 0) is 10.1 Å². The first kappa shape index (κ1) is 17.1. The maximum atomic E-state index is 11.2. The van der Waals surface area contributed by atoms with Gasteiger partial charge in [0.1, 0.15) is 0 Å². The lowest BCUT2D eigenvalue weighted by Crippen LogP contribution is -2.51. The number of hydrogen-bond donors (Lipinski definition) is 4. The van der Waals surface area contributed by atoms with E-state index in [9.17, 15) is 8.42 Å². The lowest BCUT2D eigenvalue weighted by molar-refractivity contribution is 0.222. The lowest BCUT2D eigenvalue weighted by atomic mass is 9.88. The molecule has 0 radical (unpaired) electrons. The van der Waals surface area contributed by atoms with Crippen LogP contribution >= 0.6 is 0 Å². The molecule has 124 valence electrons. The normalized spacial score (nSPS) is 30.2. The third kappa shape index (κ3) is 5.49. The Morgan fingerprint density at radius 1 is 0.952 bits per heavy atom. The van der Waals surface area contributed by atoms with Crippen molar-refractivity contribution in [2.24, 2.45) is 0 Å². The predicted octanol–water partition coefficient (Wildman–Crippen LogP) is 1.02. The Bertz CT molecular complexity index is 409. The molecule has 0 aromatic carbocycles. The fourth-order valence-electron chi connectivity index (χ4n) is 3.59. The van der Waals surface area contributed by atoms with E-state index in [1.807, 2.05) is 0 Å². The molecule has 0 heterocycles. The van der Waals surface area contributed by atoms with Gasteiger partial charge in [-0.3, -0.25) is 9.87 Å². The monoisotopic (exact) mass is 320 g/mol. The van der Waals surface area contributed by atoms with Crippen molar-refractivity contribution in [2.45, 2.75) is 81.3 Å². The highest BCUT2D eigenvalue weighted by atomic mass is 32.2. The standard InChI is InChI=1S/C14H28N2O4S/c17-10-14(21(18,19)20)16-13-8-4-7-12(9-13)15-11-5-2-1-3-6-11/h11-17H,1-10H2,(H,18,19,20). The minimum atomic E-state index is -4.24. The summed E-state index contributed by atoms with van der Waals surface area (Å²) in [6.45, 7) is -0.601. The lowest BCUT2D eigenvalue weighted by Gasteiger charge is -2.35. The zero-order chi connectivity index (χ0) is 15.3. The van der Waals surface area contributed by atoms with Gasteiger partial charge in [0, 0.05) is 18.1 Å². The van der Waals surface area contributed by atoms with E-state index in [0.29, 0.717) is 12.1 Å². The van der Waals surface area contributed by atoms with Crippen molar-refractivity contribution in [3.8, 4) is 0 Å². The summed E-state index contributed by atoms with van der Waals surface area (Å²) < 4.78 is 31.4. The molecule has 2 aliphatic rings. The van der Waals surface area contributed by atoms with Crippen LogP contribution in [0.1, 0.15) is 57.8 Å². The first-order valence-electron chi connectivity index (χ1n) is 8.08. The molecule has 7 heteroatoms. The van der Waals surface area contributed by atoms with E-state index < -0.39 is 22.1 Å². The summed E-state index contributed by atoms with van der Waals surface area (Å²) >= 11 is 0. The molecular formula is C14H28N2O4S. The molecule has 2 rings (SSSR count). The summed E-state index contributed by atoms with van der Waals surface area (Å²) in [5, 5.41) is 14.4. The van der Waals surface area contributed by atoms with Crippen LogP contribution in [0.5, 0.6) is 0 Å². The Balaban J connectivity index is 1.82. The minimum Gasteiger partial charge on any atom is -0.394 e. The highest BCUT2D eigenvalue weighted by molar-refractivity contribution is 7.86. The van der Waals surface area contributed by atoms with E-state index in [1.54, 1.807) is 0 Å². The van der Waals surface area contributed by atoms with Gasteiger partial charge in [-0.1, -0.05) is 25.7 Å². The third-order valence-electron chi connectivity index (χ3n) is 4.70. The molecule has 2 aliphatic carbocycles. The van der Waals surface area contributed by atoms with E-state index in [1.165, 1.54) is 32.1 Å². The van der Waals surface area contributed by atoms with Gasteiger partial charge in [-0.05, 0) is 32.1 Å². The summed E-state index contributed by atoms with van der Waals surface area (Å²) in [4.78, 5) is 0. The zero-order valence-electron chi connectivity index (χ0n) is 12.5. The van der Waals surface area contributed by atoms with Gasteiger partial charge in [-0.2, -0.15) is 8.42 Å². The van der Waals surface area contributed by atoms with Gasteiger partial charge in [0.15, 0.2) is 5.37 Å². The van der Waals surface area contributed by atoms with Crippen LogP contribution in [0.2, 0.25) is 0 Å². The van der Waals surface area contributed by atoms with Crippen molar-refractivity contribution in [1.82, 2.24) is 10.6 Å². The molecule has 0 bridgehead atoms. The molecule has 4 N–H and O–H groups in total. The van der Waals surface area contributed by atoms with E-state index in [-0.39, 0.29) is 6.04 Å². The average Bonchev–Trinajstić information content (AvgIpc) is 2.45. The fraction of sp³-hybridized carbons (Fsp3) is 1.00. The molecule has 0 aromatic rings. The van der Waals surface area contributed by atoms with Crippen LogP contribution in [0, 0.1) is 0 Å². The maximum Gasteiger partial charge on any atom is 0.283 e. The largest absolute Gasteiger partial charge is 0.394 e. The highest BCUT2D eigenvalue weighted by Crippen LogP contribution is 2.23. The van der Waals surface area contributed by atoms with Crippen LogP contribution in [-0.4, -0.2) is 48.2 Å². The first-order valence-corrected chi connectivity index (χ1v) is 9.58. The van der Waals surface area contributed by atoms with E-state index in [0.717, 1.165) is 25.7 Å². The van der Waals surface area contributed by atoms with Gasteiger partial charge in [0.25, 0.3) is 10.1 Å². The summed E-state index contributed by atoms with van der Waals surface area (Å²) in [7, 11) is -4.24. The molecule has 0 aliphatic heterocycles. The summed E-state index contributed by atoms with van der Waals surface area (Å²) in [5.74, 6) is 0. The molecular weight excluding hydrogens is 292 g/mol. The number of aliphatic hydroxyl groups excluding tert-OH is 1. The van der Waals surface area contributed by atoms with Crippen LogP contribution in [0.15, 0.2) is 0 Å². The van der Waals surface area contributed by atoms with Crippen LogP contribution in [0.4, 0.5) is 0 Å². The Kier molecular flexibility index (Phi) is 6.43. The second-order valence-electron chi connectivity index (χ2n) is 6.41. The summed E-state index contributed by atoms with van der Waals surface area (Å²) in [5.41, 5.74) is 0. The molecule has 2 saturated carbocycles. The van der Waals surface area contributed by atoms with Crippen LogP contribution < -0.4 is 10.6 Å². The van der Waals surface area contributed by atoms with Gasteiger partial charge < -0.3 is 10.4 Å². The summed E-state index contributed by atoms with van der Waals surface area (Å²) in [6.07, 6.45) is 10.3. The van der Waals surface area contributed by atoms with E-state index in [4.69, 9.17) is 9.66 Å². The van der Waals surface area contributed by atoms with Crippen LogP contribution in [0.3, 0.4) is 0 Å². The quantitative estimate of drug-likeness (QED) is 0.545. The Morgan fingerprint density at radius 3 is 2.19 bits per heavy atom.